The Balaban J connectivity index is 1.62. The molecular weight excluding hydrogens is 463 g/mol. The van der Waals surface area contributed by atoms with E-state index in [9.17, 15) is 27.9 Å². The van der Waals surface area contributed by atoms with Crippen LogP contribution in [0.2, 0.25) is 0 Å². The molecule has 6 nitrogen and oxygen atoms in total. The molecule has 0 unspecified atom stereocenters. The van der Waals surface area contributed by atoms with Crippen LogP contribution in [0.1, 0.15) is 28.4 Å². The van der Waals surface area contributed by atoms with Gasteiger partial charge in [-0.3, -0.25) is 4.79 Å². The first-order valence-electron chi connectivity index (χ1n) is 10.7. The first-order chi connectivity index (χ1) is 16.7. The van der Waals surface area contributed by atoms with Gasteiger partial charge in [-0.15, -0.1) is 0 Å². The number of hydrogen-bond donors (Lipinski definition) is 2. The maximum absolute atomic E-state index is 12.7. The van der Waals surface area contributed by atoms with Crippen LogP contribution in [-0.4, -0.2) is 30.1 Å². The van der Waals surface area contributed by atoms with Crippen LogP contribution in [0.3, 0.4) is 0 Å². The Hall–Kier alpha value is -3.85. The molecule has 0 heterocycles. The molecule has 9 heteroatoms. The highest BCUT2D eigenvalue weighted by Crippen LogP contribution is 2.30. The SMILES string of the molecule is COC(=O)[C@H](Cc1ccc(OCc2ccccc2)cc1)NC(=O)[C@H](O)c1ccc(C(F)(F)F)cc1. The number of carbonyl (C=O) groups excluding carboxylic acids is 2. The van der Waals surface area contributed by atoms with Gasteiger partial charge in [0.2, 0.25) is 0 Å². The van der Waals surface area contributed by atoms with E-state index in [0.29, 0.717) is 17.9 Å². The van der Waals surface area contributed by atoms with Gasteiger partial charge in [-0.05, 0) is 41.0 Å². The van der Waals surface area contributed by atoms with Crippen LogP contribution in [0.4, 0.5) is 13.2 Å². The fourth-order valence-electron chi connectivity index (χ4n) is 3.29. The van der Waals surface area contributed by atoms with Gasteiger partial charge in [-0.25, -0.2) is 4.79 Å². The molecule has 2 N–H and O–H groups in total. The van der Waals surface area contributed by atoms with Gasteiger partial charge in [0.1, 0.15) is 18.4 Å². The minimum atomic E-state index is -4.54. The topological polar surface area (TPSA) is 84.9 Å². The van der Waals surface area contributed by atoms with Crippen LogP contribution in [0.5, 0.6) is 5.75 Å². The molecule has 3 rings (SSSR count). The van der Waals surface area contributed by atoms with Gasteiger partial charge in [-0.1, -0.05) is 54.6 Å². The highest BCUT2D eigenvalue weighted by molar-refractivity contribution is 5.87. The molecule has 0 aromatic heterocycles. The average Bonchev–Trinajstić information content (AvgIpc) is 2.87. The van der Waals surface area contributed by atoms with Gasteiger partial charge >= 0.3 is 12.1 Å². The maximum atomic E-state index is 12.7. The Kier molecular flexibility index (Phi) is 8.48. The molecule has 0 radical (unpaired) electrons. The van der Waals surface area contributed by atoms with Gasteiger partial charge in [0.05, 0.1) is 12.7 Å². The Labute approximate surface area is 200 Å². The summed E-state index contributed by atoms with van der Waals surface area (Å²) in [6, 6.07) is 19.0. The van der Waals surface area contributed by atoms with E-state index in [4.69, 9.17) is 9.47 Å². The molecule has 0 saturated carbocycles. The van der Waals surface area contributed by atoms with E-state index < -0.39 is 35.8 Å². The standard InChI is InChI=1S/C26H24F3NO5/c1-34-25(33)22(30-24(32)23(31)19-9-11-20(12-10-19)26(27,28)29)15-17-7-13-21(14-8-17)35-16-18-5-3-2-4-6-18/h2-14,22-23,31H,15-16H2,1H3,(H,30,32)/t22-,23+/m0/s1. The number of aliphatic hydroxyl groups excluding tert-OH is 1. The zero-order valence-electron chi connectivity index (χ0n) is 18.8. The maximum Gasteiger partial charge on any atom is 0.416 e. The molecule has 1 amide bonds. The van der Waals surface area contributed by atoms with Crippen molar-refractivity contribution in [2.75, 3.05) is 7.11 Å². The number of ether oxygens (including phenoxy) is 2. The van der Waals surface area contributed by atoms with Crippen molar-refractivity contribution >= 4 is 11.9 Å². The van der Waals surface area contributed by atoms with E-state index in [1.54, 1.807) is 24.3 Å². The van der Waals surface area contributed by atoms with E-state index >= 15 is 0 Å². The molecule has 0 bridgehead atoms. The summed E-state index contributed by atoms with van der Waals surface area (Å²) >= 11 is 0. The molecule has 0 aliphatic heterocycles. The van der Waals surface area contributed by atoms with Crippen LogP contribution in [-0.2, 0) is 33.5 Å². The van der Waals surface area contributed by atoms with Crippen molar-refractivity contribution in [3.63, 3.8) is 0 Å². The number of hydrogen-bond acceptors (Lipinski definition) is 5. The minimum absolute atomic E-state index is 0.0426. The fourth-order valence-corrected chi connectivity index (χ4v) is 3.29. The van der Waals surface area contributed by atoms with E-state index in [2.05, 4.69) is 5.32 Å². The number of rotatable bonds is 9. The van der Waals surface area contributed by atoms with E-state index in [1.807, 2.05) is 30.3 Å². The normalized spacial score (nSPS) is 12.9. The third-order valence-corrected chi connectivity index (χ3v) is 5.22. The lowest BCUT2D eigenvalue weighted by molar-refractivity contribution is -0.146. The molecule has 0 aliphatic rings. The van der Waals surface area contributed by atoms with E-state index in [1.165, 1.54) is 0 Å². The molecule has 0 spiro atoms. The highest BCUT2D eigenvalue weighted by Gasteiger charge is 2.31. The summed E-state index contributed by atoms with van der Waals surface area (Å²) in [7, 11) is 1.16. The molecule has 0 saturated heterocycles. The van der Waals surface area contributed by atoms with Crippen LogP contribution in [0.25, 0.3) is 0 Å². The lowest BCUT2D eigenvalue weighted by atomic mass is 10.0. The molecule has 3 aromatic carbocycles. The third kappa shape index (κ3) is 7.31. The number of carbonyl (C=O) groups is 2. The summed E-state index contributed by atoms with van der Waals surface area (Å²) in [5, 5.41) is 12.7. The summed E-state index contributed by atoms with van der Waals surface area (Å²) in [5.74, 6) is -1.06. The second-order valence-corrected chi connectivity index (χ2v) is 7.73. The van der Waals surface area contributed by atoms with Gasteiger partial charge in [0, 0.05) is 6.42 Å². The first kappa shape index (κ1) is 25.8. The Morgan fingerprint density at radius 3 is 2.11 bits per heavy atom. The number of aliphatic hydroxyl groups is 1. The molecule has 184 valence electrons. The van der Waals surface area contributed by atoms with Crippen molar-refractivity contribution < 1.29 is 37.3 Å². The largest absolute Gasteiger partial charge is 0.489 e. The number of benzene rings is 3. The van der Waals surface area contributed by atoms with Crippen molar-refractivity contribution in [2.24, 2.45) is 0 Å². The van der Waals surface area contributed by atoms with Gasteiger partial charge in [-0.2, -0.15) is 13.2 Å². The third-order valence-electron chi connectivity index (χ3n) is 5.22. The molecule has 3 aromatic rings. The predicted octanol–water partition coefficient (Wildman–Crippen LogP) is 4.22. The lowest BCUT2D eigenvalue weighted by Gasteiger charge is -2.19. The average molecular weight is 487 g/mol. The Bertz CT molecular complexity index is 1120. The number of halogens is 3. The molecule has 0 aliphatic carbocycles. The highest BCUT2D eigenvalue weighted by atomic mass is 19.4. The van der Waals surface area contributed by atoms with Crippen molar-refractivity contribution in [3.05, 3.63) is 101 Å². The zero-order chi connectivity index (χ0) is 25.4. The number of methoxy groups -OCH3 is 1. The smallest absolute Gasteiger partial charge is 0.416 e. The van der Waals surface area contributed by atoms with Crippen LogP contribution in [0.15, 0.2) is 78.9 Å². The predicted molar refractivity (Wildman–Crippen MR) is 121 cm³/mol. The molecular formula is C26H24F3NO5. The fraction of sp³-hybridized carbons (Fsp3) is 0.231. The number of esters is 1. The Morgan fingerprint density at radius 2 is 1.54 bits per heavy atom. The molecule has 0 fully saturated rings. The second kappa shape index (κ2) is 11.5. The summed E-state index contributed by atoms with van der Waals surface area (Å²) in [5.41, 5.74) is 0.755. The number of alkyl halides is 3. The summed E-state index contributed by atoms with van der Waals surface area (Å²) in [6.45, 7) is 0.392. The van der Waals surface area contributed by atoms with Crippen molar-refractivity contribution in [1.29, 1.82) is 0 Å². The van der Waals surface area contributed by atoms with E-state index in [0.717, 1.165) is 36.9 Å². The second-order valence-electron chi connectivity index (χ2n) is 7.73. The first-order valence-corrected chi connectivity index (χ1v) is 10.7. The van der Waals surface area contributed by atoms with Gasteiger partial charge in [0.15, 0.2) is 6.10 Å². The van der Waals surface area contributed by atoms with Crippen molar-refractivity contribution in [3.8, 4) is 5.75 Å². The number of nitrogens with one attached hydrogen (secondary N) is 1. The van der Waals surface area contributed by atoms with Crippen LogP contribution >= 0.6 is 0 Å². The van der Waals surface area contributed by atoms with Crippen molar-refractivity contribution in [2.45, 2.75) is 31.3 Å². The van der Waals surface area contributed by atoms with Gasteiger partial charge < -0.3 is 19.9 Å². The van der Waals surface area contributed by atoms with Gasteiger partial charge in [0.25, 0.3) is 5.91 Å². The quantitative estimate of drug-likeness (QED) is 0.442. The number of amides is 1. The van der Waals surface area contributed by atoms with E-state index in [-0.39, 0.29) is 12.0 Å². The summed E-state index contributed by atoms with van der Waals surface area (Å²) in [6.07, 6.45) is -6.24. The molecule has 35 heavy (non-hydrogen) atoms. The minimum Gasteiger partial charge on any atom is -0.489 e. The lowest BCUT2D eigenvalue weighted by Crippen LogP contribution is -2.45. The Morgan fingerprint density at radius 1 is 0.914 bits per heavy atom. The van der Waals surface area contributed by atoms with Crippen LogP contribution in [0, 0.1) is 0 Å². The van der Waals surface area contributed by atoms with Crippen LogP contribution < -0.4 is 10.1 Å². The monoisotopic (exact) mass is 487 g/mol. The summed E-state index contributed by atoms with van der Waals surface area (Å²) < 4.78 is 48.7. The molecule has 2 atom stereocenters. The zero-order valence-corrected chi connectivity index (χ0v) is 18.8. The summed E-state index contributed by atoms with van der Waals surface area (Å²) in [4.78, 5) is 24.7. The van der Waals surface area contributed by atoms with Crippen molar-refractivity contribution in [1.82, 2.24) is 5.32 Å².